The van der Waals surface area contributed by atoms with E-state index in [0.717, 1.165) is 184 Å². The zero-order chi connectivity index (χ0) is 67.3. The summed E-state index contributed by atoms with van der Waals surface area (Å²) in [4.78, 5) is 92.2. The molecule has 500 valence electrons. The minimum atomic E-state index is -0.186. The molecule has 8 aliphatic rings. The Kier molecular flexibility index (Phi) is 18.0. The van der Waals surface area contributed by atoms with E-state index in [0.29, 0.717) is 0 Å². The number of imidazole rings is 2. The van der Waals surface area contributed by atoms with E-state index in [2.05, 4.69) is 75.5 Å². The van der Waals surface area contributed by atoms with E-state index in [9.17, 15) is 19.2 Å². The molecule has 0 bridgehead atoms. The van der Waals surface area contributed by atoms with Crippen LogP contribution in [0.4, 0.5) is 0 Å². The van der Waals surface area contributed by atoms with Crippen molar-refractivity contribution in [3.63, 3.8) is 0 Å². The molecule has 4 saturated heterocycles. The molecule has 15 heteroatoms. The zero-order valence-corrected chi connectivity index (χ0v) is 57.4. The summed E-state index contributed by atoms with van der Waals surface area (Å²) in [6.45, 7) is 15.1. The number of pyridine rings is 1. The average Bonchev–Trinajstić information content (AvgIpc) is 1.40. The lowest BCUT2D eigenvalue weighted by Crippen LogP contribution is -2.42. The number of nitrogens with zero attached hydrogens (tertiary/aromatic N) is 9. The highest BCUT2D eigenvalue weighted by Gasteiger charge is 2.39. The number of aromatic amines is 2. The van der Waals surface area contributed by atoms with Crippen molar-refractivity contribution in [1.29, 1.82) is 0 Å². The number of aliphatic imine (C=N–C) groups is 2. The molecule has 3 aromatic heterocycles. The maximum Gasteiger partial charge on any atom is 0.230 e. The number of carbonyl (C=O) groups excluding carboxylic acids is 4. The summed E-state index contributed by atoms with van der Waals surface area (Å²) < 4.78 is 0. The number of carbonyl (C=O) groups is 4. The van der Waals surface area contributed by atoms with E-state index >= 15 is 0 Å². The number of fused-ring (bicyclic) bond motifs is 4. The molecular formula is C83H89N11O4. The third-order valence-electron chi connectivity index (χ3n) is 22.1. The maximum absolute atomic E-state index is 13.5. The first-order chi connectivity index (χ1) is 47.7. The van der Waals surface area contributed by atoms with E-state index in [-0.39, 0.29) is 71.5 Å². The van der Waals surface area contributed by atoms with Crippen LogP contribution >= 0.6 is 0 Å². The molecule has 0 radical (unpaired) electrons. The van der Waals surface area contributed by atoms with Gasteiger partial charge in [0.1, 0.15) is 11.6 Å². The molecule has 8 aromatic rings. The molecule has 98 heavy (non-hydrogen) atoms. The van der Waals surface area contributed by atoms with Gasteiger partial charge in [0.25, 0.3) is 0 Å². The first kappa shape index (κ1) is 64.4. The SMILES string of the molecule is CC(C)C(=O)N1CCC[C@H]1C1=NC=C(c2ccc3c(c2)Cc2ccc(-c4cnc([C@@H]5CCCN5C(=O)[C@H](C)c5ccccc5)[nH]4)cc2C3)C1.CC(C)C(=O)N1CCC[C@H]1C1=NC=C(c2cnc3c(c2)Cc2ccc(-c4cnc([C@@H]5CCCN5C(=O)[C@H](C)c5ccccc5)[nH]4)cc2C3)C1. The summed E-state index contributed by atoms with van der Waals surface area (Å²) in [6.07, 6.45) is 22.8. The van der Waals surface area contributed by atoms with Crippen LogP contribution < -0.4 is 0 Å². The van der Waals surface area contributed by atoms with Crippen LogP contribution in [0.25, 0.3) is 33.7 Å². The van der Waals surface area contributed by atoms with Gasteiger partial charge in [0.15, 0.2) is 0 Å². The maximum atomic E-state index is 13.5. The second-order valence-corrected chi connectivity index (χ2v) is 29.1. The number of rotatable bonds is 14. The lowest BCUT2D eigenvalue weighted by atomic mass is 9.83. The first-order valence-electron chi connectivity index (χ1n) is 36.0. The third kappa shape index (κ3) is 12.7. The third-order valence-corrected chi connectivity index (χ3v) is 22.1. The second-order valence-electron chi connectivity index (χ2n) is 29.1. The van der Waals surface area contributed by atoms with Crippen LogP contribution in [0, 0.1) is 11.8 Å². The molecule has 6 aliphatic heterocycles. The summed E-state index contributed by atoms with van der Waals surface area (Å²) in [7, 11) is 0. The molecule has 4 fully saturated rings. The Morgan fingerprint density at radius 3 is 1.23 bits per heavy atom. The van der Waals surface area contributed by atoms with Gasteiger partial charge in [0.05, 0.1) is 59.8 Å². The second kappa shape index (κ2) is 27.4. The summed E-state index contributed by atoms with van der Waals surface area (Å²) in [6, 6.07) is 42.9. The van der Waals surface area contributed by atoms with Crippen molar-refractivity contribution in [3.05, 3.63) is 231 Å². The highest BCUT2D eigenvalue weighted by molar-refractivity contribution is 6.04. The van der Waals surface area contributed by atoms with E-state index in [1.165, 1.54) is 55.7 Å². The van der Waals surface area contributed by atoms with Crippen molar-refractivity contribution in [2.75, 3.05) is 26.2 Å². The van der Waals surface area contributed by atoms with Crippen LogP contribution in [0.15, 0.2) is 162 Å². The number of nitrogens with one attached hydrogen (secondary N) is 2. The van der Waals surface area contributed by atoms with E-state index in [4.69, 9.17) is 24.9 Å². The Balaban J connectivity index is 0.000000160. The molecule has 0 unspecified atom stereocenters. The largest absolute Gasteiger partial charge is 0.340 e. The monoisotopic (exact) mass is 1300 g/mol. The normalized spacial score (nSPS) is 20.7. The summed E-state index contributed by atoms with van der Waals surface area (Å²) >= 11 is 0. The standard InChI is InChI=1S/C42H45N5O2.C41H44N6O2/c1-26(2)41(48)46-17-7-11-38(46)36-23-35(24-43-36)31-14-13-29-20-34-22-32(16-15-30(34)19-33(29)21-31)37-25-44-40(45-37)39-12-8-18-47(39)42(49)27(3)28-9-5-4-6-10-28;1-25(2)40(48)46-15-7-11-37(46)35-21-33(23-43-35)32-19-31-17-28-13-14-29(18-30(28)20-34(31)42-22-32)36-24-44-39(45-36)38-12-8-16-47(38)41(49)26(3)27-9-5-4-6-10-27/h4-6,9-10,13-16,21-22,24-27,38-39H,7-8,11-12,17-20,23H2,1-3H3,(H,44,45);4-6,9-10,13-14,18-19,22-26,37-38H,7-8,11-12,15-17,20-21H2,1-3H3,(H,44,45)/t27-,38+,39+;26-,37+,38+/m11/s1. The van der Waals surface area contributed by atoms with Crippen LogP contribution in [0.2, 0.25) is 0 Å². The zero-order valence-electron chi connectivity index (χ0n) is 57.4. The fourth-order valence-corrected chi connectivity index (χ4v) is 16.5. The molecule has 9 heterocycles. The van der Waals surface area contributed by atoms with Gasteiger partial charge in [-0.05, 0) is 186 Å². The Bertz CT molecular complexity index is 4230. The summed E-state index contributed by atoms with van der Waals surface area (Å²) in [5, 5.41) is 0. The average molecular weight is 1300 g/mol. The number of aromatic nitrogens is 5. The van der Waals surface area contributed by atoms with Gasteiger partial charge >= 0.3 is 0 Å². The molecule has 16 rings (SSSR count). The number of likely N-dealkylation sites (tertiary alicyclic amines) is 4. The van der Waals surface area contributed by atoms with Crippen molar-refractivity contribution in [2.24, 2.45) is 21.8 Å². The molecule has 4 amide bonds. The van der Waals surface area contributed by atoms with Crippen molar-refractivity contribution in [3.8, 4) is 22.5 Å². The first-order valence-corrected chi connectivity index (χ1v) is 36.0. The molecule has 2 aliphatic carbocycles. The molecule has 15 nitrogen and oxygen atoms in total. The van der Waals surface area contributed by atoms with Gasteiger partial charge < -0.3 is 29.6 Å². The smallest absolute Gasteiger partial charge is 0.230 e. The quantitative estimate of drug-likeness (QED) is 0.109. The topological polar surface area (TPSA) is 176 Å². The highest BCUT2D eigenvalue weighted by atomic mass is 16.2. The van der Waals surface area contributed by atoms with Gasteiger partial charge in [0, 0.05) is 93.0 Å². The Morgan fingerprint density at radius 2 is 0.776 bits per heavy atom. The van der Waals surface area contributed by atoms with E-state index in [1.54, 1.807) is 0 Å². The number of H-pyrrole nitrogens is 2. The van der Waals surface area contributed by atoms with Gasteiger partial charge in [0.2, 0.25) is 23.6 Å². The Hall–Kier alpha value is -9.63. The molecule has 6 atom stereocenters. The fraction of sp³-hybridized carbons (Fsp3) is 0.386. The fourth-order valence-electron chi connectivity index (χ4n) is 16.5. The lowest BCUT2D eigenvalue weighted by Gasteiger charge is -2.27. The predicted octanol–water partition coefficient (Wildman–Crippen LogP) is 15.1. The number of hydrogen-bond acceptors (Lipinski definition) is 9. The lowest BCUT2D eigenvalue weighted by molar-refractivity contribution is -0.134. The highest BCUT2D eigenvalue weighted by Crippen LogP contribution is 2.41. The van der Waals surface area contributed by atoms with Gasteiger partial charge in [-0.3, -0.25) is 34.1 Å². The van der Waals surface area contributed by atoms with Crippen LogP contribution in [0.1, 0.15) is 208 Å². The van der Waals surface area contributed by atoms with Crippen LogP contribution in [0.5, 0.6) is 0 Å². The van der Waals surface area contributed by atoms with Crippen LogP contribution in [-0.4, -0.2) is 118 Å². The van der Waals surface area contributed by atoms with Crippen molar-refractivity contribution in [2.45, 2.75) is 167 Å². The molecule has 2 N–H and O–H groups in total. The Morgan fingerprint density at radius 1 is 0.388 bits per heavy atom. The van der Waals surface area contributed by atoms with E-state index in [1.807, 2.05) is 148 Å². The molecular weight excluding hydrogens is 1210 g/mol. The minimum absolute atomic E-state index is 0.00462. The predicted molar refractivity (Wildman–Crippen MR) is 386 cm³/mol. The summed E-state index contributed by atoms with van der Waals surface area (Å²) in [5.41, 5.74) is 23.8. The number of hydrogen-bond donors (Lipinski definition) is 2. The van der Waals surface area contributed by atoms with Crippen molar-refractivity contribution < 1.29 is 19.2 Å². The van der Waals surface area contributed by atoms with Gasteiger partial charge in [-0.1, -0.05) is 131 Å². The van der Waals surface area contributed by atoms with E-state index < -0.39 is 0 Å². The van der Waals surface area contributed by atoms with Crippen molar-refractivity contribution >= 4 is 46.2 Å². The van der Waals surface area contributed by atoms with Gasteiger partial charge in [-0.15, -0.1) is 0 Å². The van der Waals surface area contributed by atoms with Crippen LogP contribution in [0.3, 0.4) is 0 Å². The van der Waals surface area contributed by atoms with Gasteiger partial charge in [-0.25, -0.2) is 9.97 Å². The number of amides is 4. The van der Waals surface area contributed by atoms with Crippen LogP contribution in [-0.2, 0) is 44.9 Å². The molecule has 0 spiro atoms. The van der Waals surface area contributed by atoms with Gasteiger partial charge in [-0.2, -0.15) is 0 Å². The number of benzene rings is 5. The molecule has 5 aromatic carbocycles. The minimum Gasteiger partial charge on any atom is -0.340 e. The van der Waals surface area contributed by atoms with Crippen molar-refractivity contribution in [1.82, 2.24) is 44.5 Å². The molecule has 0 saturated carbocycles. The summed E-state index contributed by atoms with van der Waals surface area (Å²) in [5.74, 6) is 2.18. The Labute approximate surface area is 575 Å². The number of allylic oxidation sites excluding steroid dienone is 2.